The first-order valence-corrected chi connectivity index (χ1v) is 5.19. The SMILES string of the molecule is CCOC(=O)Cc1cc(C#N)c(F)c(CN)c1. The average Bonchev–Trinajstić information content (AvgIpc) is 2.31. The number of esters is 1. The van der Waals surface area contributed by atoms with Crippen LogP contribution in [0.2, 0.25) is 0 Å². The minimum atomic E-state index is -0.623. The minimum Gasteiger partial charge on any atom is -0.466 e. The largest absolute Gasteiger partial charge is 0.466 e. The molecule has 0 bridgehead atoms. The molecule has 0 spiro atoms. The highest BCUT2D eigenvalue weighted by atomic mass is 19.1. The standard InChI is InChI=1S/C12H13FN2O2/c1-2-17-11(16)5-8-3-9(6-14)12(13)10(4-8)7-15/h3-4H,2,5-6,14H2,1H3. The summed E-state index contributed by atoms with van der Waals surface area (Å²) in [6.07, 6.45) is 0.00972. The number of nitriles is 1. The molecule has 1 aromatic rings. The molecule has 0 saturated heterocycles. The highest BCUT2D eigenvalue weighted by molar-refractivity contribution is 5.72. The Kier molecular flexibility index (Phi) is 4.61. The fourth-order valence-electron chi connectivity index (χ4n) is 1.46. The predicted octanol–water partition coefficient (Wildman–Crippen LogP) is 1.26. The second kappa shape index (κ2) is 5.97. The third-order valence-electron chi connectivity index (χ3n) is 2.20. The number of hydrogen-bond donors (Lipinski definition) is 1. The van der Waals surface area contributed by atoms with E-state index in [9.17, 15) is 9.18 Å². The molecule has 4 nitrogen and oxygen atoms in total. The van der Waals surface area contributed by atoms with Crippen molar-refractivity contribution in [3.05, 3.63) is 34.6 Å². The zero-order valence-electron chi connectivity index (χ0n) is 9.50. The number of benzene rings is 1. The van der Waals surface area contributed by atoms with E-state index in [1.807, 2.05) is 0 Å². The first-order valence-electron chi connectivity index (χ1n) is 5.19. The number of carbonyl (C=O) groups excluding carboxylic acids is 1. The second-order valence-electron chi connectivity index (χ2n) is 3.41. The summed E-state index contributed by atoms with van der Waals surface area (Å²) >= 11 is 0. The Morgan fingerprint density at radius 3 is 2.82 bits per heavy atom. The van der Waals surface area contributed by atoms with E-state index in [0.29, 0.717) is 5.56 Å². The van der Waals surface area contributed by atoms with E-state index in [4.69, 9.17) is 15.7 Å². The van der Waals surface area contributed by atoms with Gasteiger partial charge in [-0.1, -0.05) is 6.07 Å². The number of nitrogens with zero attached hydrogens (tertiary/aromatic N) is 1. The van der Waals surface area contributed by atoms with Gasteiger partial charge in [0.2, 0.25) is 0 Å². The van der Waals surface area contributed by atoms with Crippen molar-refractivity contribution in [2.45, 2.75) is 19.9 Å². The van der Waals surface area contributed by atoms with Crippen LogP contribution in [0.25, 0.3) is 0 Å². The van der Waals surface area contributed by atoms with Crippen molar-refractivity contribution in [3.8, 4) is 6.07 Å². The lowest BCUT2D eigenvalue weighted by Crippen LogP contribution is -2.10. The van der Waals surface area contributed by atoms with E-state index in [-0.39, 0.29) is 30.7 Å². The molecule has 0 radical (unpaired) electrons. The van der Waals surface area contributed by atoms with E-state index < -0.39 is 11.8 Å². The lowest BCUT2D eigenvalue weighted by atomic mass is 10.0. The molecule has 2 N–H and O–H groups in total. The van der Waals surface area contributed by atoms with Crippen molar-refractivity contribution in [1.29, 1.82) is 5.26 Å². The Hall–Kier alpha value is -1.93. The highest BCUT2D eigenvalue weighted by Gasteiger charge is 2.12. The normalized spacial score (nSPS) is 9.76. The maximum Gasteiger partial charge on any atom is 0.310 e. The summed E-state index contributed by atoms with van der Waals surface area (Å²) in [6.45, 7) is 1.97. The van der Waals surface area contributed by atoms with Crippen LogP contribution >= 0.6 is 0 Å². The highest BCUT2D eigenvalue weighted by Crippen LogP contribution is 2.16. The van der Waals surface area contributed by atoms with Gasteiger partial charge < -0.3 is 10.5 Å². The van der Waals surface area contributed by atoms with Gasteiger partial charge >= 0.3 is 5.97 Å². The van der Waals surface area contributed by atoms with E-state index in [2.05, 4.69) is 0 Å². The molecule has 0 aromatic heterocycles. The van der Waals surface area contributed by atoms with Gasteiger partial charge in [-0.3, -0.25) is 4.79 Å². The number of rotatable bonds is 4. The molecule has 17 heavy (non-hydrogen) atoms. The molecule has 0 aliphatic heterocycles. The molecule has 0 aliphatic carbocycles. The summed E-state index contributed by atoms with van der Waals surface area (Å²) < 4.78 is 18.3. The van der Waals surface area contributed by atoms with Gasteiger partial charge in [-0.15, -0.1) is 0 Å². The number of nitrogens with two attached hydrogens (primary N) is 1. The second-order valence-corrected chi connectivity index (χ2v) is 3.41. The zero-order chi connectivity index (χ0) is 12.8. The Bertz CT molecular complexity index is 466. The van der Waals surface area contributed by atoms with Crippen LogP contribution in [0.4, 0.5) is 4.39 Å². The Balaban J connectivity index is 3.02. The van der Waals surface area contributed by atoms with Crippen LogP contribution < -0.4 is 5.73 Å². The molecule has 1 rings (SSSR count). The molecule has 0 fully saturated rings. The molecule has 0 amide bonds. The van der Waals surface area contributed by atoms with Crippen LogP contribution in [-0.4, -0.2) is 12.6 Å². The van der Waals surface area contributed by atoms with Gasteiger partial charge in [0.05, 0.1) is 18.6 Å². The van der Waals surface area contributed by atoms with Gasteiger partial charge in [-0.25, -0.2) is 4.39 Å². The van der Waals surface area contributed by atoms with Crippen LogP contribution in [0, 0.1) is 17.1 Å². The van der Waals surface area contributed by atoms with Crippen LogP contribution in [0.3, 0.4) is 0 Å². The minimum absolute atomic E-state index is 0.00972. The zero-order valence-corrected chi connectivity index (χ0v) is 9.50. The predicted molar refractivity (Wildman–Crippen MR) is 59.3 cm³/mol. The van der Waals surface area contributed by atoms with Crippen molar-refractivity contribution in [2.24, 2.45) is 5.73 Å². The van der Waals surface area contributed by atoms with E-state index >= 15 is 0 Å². The molecule has 0 atom stereocenters. The molecule has 0 aliphatic rings. The number of carbonyl (C=O) groups is 1. The molecule has 1 aromatic carbocycles. The third-order valence-corrected chi connectivity index (χ3v) is 2.20. The fourth-order valence-corrected chi connectivity index (χ4v) is 1.46. The average molecular weight is 236 g/mol. The molecule has 5 heteroatoms. The number of halogens is 1. The third kappa shape index (κ3) is 3.26. The van der Waals surface area contributed by atoms with Gasteiger partial charge in [-0.2, -0.15) is 5.26 Å². The summed E-state index contributed by atoms with van der Waals surface area (Å²) in [5.41, 5.74) is 6.02. The van der Waals surface area contributed by atoms with Crippen molar-refractivity contribution in [1.82, 2.24) is 0 Å². The summed E-state index contributed by atoms with van der Waals surface area (Å²) in [5, 5.41) is 8.75. The van der Waals surface area contributed by atoms with Gasteiger partial charge in [0.1, 0.15) is 11.9 Å². The topological polar surface area (TPSA) is 76.1 Å². The van der Waals surface area contributed by atoms with Gasteiger partial charge in [0, 0.05) is 12.1 Å². The van der Waals surface area contributed by atoms with Crippen LogP contribution in [0.5, 0.6) is 0 Å². The lowest BCUT2D eigenvalue weighted by molar-refractivity contribution is -0.142. The number of ether oxygens (including phenoxy) is 1. The van der Waals surface area contributed by atoms with Gasteiger partial charge in [0.15, 0.2) is 0 Å². The summed E-state index contributed by atoms with van der Waals surface area (Å²) in [7, 11) is 0. The van der Waals surface area contributed by atoms with Crippen LogP contribution in [-0.2, 0) is 22.5 Å². The monoisotopic (exact) mass is 236 g/mol. The fraction of sp³-hybridized carbons (Fsp3) is 0.333. The van der Waals surface area contributed by atoms with Crippen molar-refractivity contribution in [2.75, 3.05) is 6.61 Å². The summed E-state index contributed by atoms with van der Waals surface area (Å²) in [5.74, 6) is -1.03. The summed E-state index contributed by atoms with van der Waals surface area (Å²) in [6, 6.07) is 4.55. The summed E-state index contributed by atoms with van der Waals surface area (Å²) in [4.78, 5) is 11.3. The van der Waals surface area contributed by atoms with Crippen molar-refractivity contribution in [3.63, 3.8) is 0 Å². The quantitative estimate of drug-likeness (QED) is 0.798. The number of hydrogen-bond acceptors (Lipinski definition) is 4. The lowest BCUT2D eigenvalue weighted by Gasteiger charge is -2.06. The van der Waals surface area contributed by atoms with Gasteiger partial charge in [-0.05, 0) is 18.6 Å². The smallest absolute Gasteiger partial charge is 0.310 e. The van der Waals surface area contributed by atoms with E-state index in [1.54, 1.807) is 13.0 Å². The Morgan fingerprint density at radius 1 is 1.59 bits per heavy atom. The molecule has 0 saturated carbocycles. The molecule has 0 unspecified atom stereocenters. The van der Waals surface area contributed by atoms with E-state index in [0.717, 1.165) is 0 Å². The molecule has 90 valence electrons. The van der Waals surface area contributed by atoms with Crippen LogP contribution in [0.1, 0.15) is 23.6 Å². The Labute approximate surface area is 98.8 Å². The maximum atomic E-state index is 13.5. The first-order chi connectivity index (χ1) is 8.12. The molecular formula is C12H13FN2O2. The van der Waals surface area contributed by atoms with Crippen molar-refractivity contribution < 1.29 is 13.9 Å². The molecule has 0 heterocycles. The molecular weight excluding hydrogens is 223 g/mol. The van der Waals surface area contributed by atoms with Gasteiger partial charge in [0.25, 0.3) is 0 Å². The first kappa shape index (κ1) is 13.1. The maximum absolute atomic E-state index is 13.5. The van der Waals surface area contributed by atoms with Crippen LogP contribution in [0.15, 0.2) is 12.1 Å². The Morgan fingerprint density at radius 2 is 2.29 bits per heavy atom. The van der Waals surface area contributed by atoms with Crippen molar-refractivity contribution >= 4 is 5.97 Å². The van der Waals surface area contributed by atoms with E-state index in [1.165, 1.54) is 12.1 Å².